The standard InChI is InChI=1S/C19H22BrNO5S/c20-16-8-6-14(7-9-16)10-21-17(19(23)18(22)13-27(21,24)25)12-26-11-15-4-2-1-3-5-15/h1-9,17-19,22-23H,10-13H2/t17-,18-,19-/m1/s1. The molecule has 6 nitrogen and oxygen atoms in total. The third-order valence-corrected chi connectivity index (χ3v) is 6.95. The van der Waals surface area contributed by atoms with E-state index in [1.807, 2.05) is 54.6 Å². The van der Waals surface area contributed by atoms with E-state index in [2.05, 4.69) is 15.9 Å². The lowest BCUT2D eigenvalue weighted by Crippen LogP contribution is -2.60. The molecule has 27 heavy (non-hydrogen) atoms. The molecule has 0 radical (unpaired) electrons. The summed E-state index contributed by atoms with van der Waals surface area (Å²) in [6.07, 6.45) is -2.54. The number of aliphatic hydroxyl groups is 2. The summed E-state index contributed by atoms with van der Waals surface area (Å²) in [6.45, 7) is 0.397. The number of nitrogens with zero attached hydrogens (tertiary/aromatic N) is 1. The number of sulfonamides is 1. The lowest BCUT2D eigenvalue weighted by Gasteiger charge is -2.40. The molecule has 1 aliphatic heterocycles. The lowest BCUT2D eigenvalue weighted by molar-refractivity contribution is -0.0530. The van der Waals surface area contributed by atoms with Crippen molar-refractivity contribution in [3.05, 3.63) is 70.2 Å². The van der Waals surface area contributed by atoms with E-state index in [-0.39, 0.29) is 13.2 Å². The summed E-state index contributed by atoms with van der Waals surface area (Å²) in [5.41, 5.74) is 1.74. The Hall–Kier alpha value is -1.29. The van der Waals surface area contributed by atoms with Gasteiger partial charge in [0.2, 0.25) is 10.0 Å². The van der Waals surface area contributed by atoms with Crippen LogP contribution in [0.4, 0.5) is 0 Å². The van der Waals surface area contributed by atoms with Crippen LogP contribution >= 0.6 is 15.9 Å². The van der Waals surface area contributed by atoms with Crippen LogP contribution in [0.3, 0.4) is 0 Å². The zero-order valence-corrected chi connectivity index (χ0v) is 17.0. The van der Waals surface area contributed by atoms with Crippen molar-refractivity contribution in [2.24, 2.45) is 0 Å². The maximum Gasteiger partial charge on any atom is 0.217 e. The van der Waals surface area contributed by atoms with E-state index < -0.39 is 34.0 Å². The van der Waals surface area contributed by atoms with E-state index in [0.717, 1.165) is 15.6 Å². The van der Waals surface area contributed by atoms with Crippen LogP contribution in [0.5, 0.6) is 0 Å². The molecule has 146 valence electrons. The van der Waals surface area contributed by atoms with Gasteiger partial charge in [0, 0.05) is 11.0 Å². The van der Waals surface area contributed by atoms with Gasteiger partial charge in [-0.25, -0.2) is 8.42 Å². The van der Waals surface area contributed by atoms with Gasteiger partial charge in [0.1, 0.15) is 0 Å². The van der Waals surface area contributed by atoms with Gasteiger partial charge >= 0.3 is 0 Å². The first-order valence-electron chi connectivity index (χ1n) is 8.58. The van der Waals surface area contributed by atoms with E-state index in [0.29, 0.717) is 6.61 Å². The Labute approximate surface area is 167 Å². The van der Waals surface area contributed by atoms with E-state index in [9.17, 15) is 18.6 Å². The minimum Gasteiger partial charge on any atom is -0.389 e. The predicted octanol–water partition coefficient (Wildman–Crippen LogP) is 1.90. The van der Waals surface area contributed by atoms with Crippen molar-refractivity contribution in [3.8, 4) is 0 Å². The Bertz CT molecular complexity index is 844. The molecule has 1 heterocycles. The largest absolute Gasteiger partial charge is 0.389 e. The van der Waals surface area contributed by atoms with E-state index in [1.54, 1.807) is 0 Å². The molecule has 0 bridgehead atoms. The smallest absolute Gasteiger partial charge is 0.217 e. The average molecular weight is 456 g/mol. The molecule has 3 atom stereocenters. The summed E-state index contributed by atoms with van der Waals surface area (Å²) in [7, 11) is -3.73. The van der Waals surface area contributed by atoms with Crippen molar-refractivity contribution in [1.29, 1.82) is 0 Å². The second-order valence-electron chi connectivity index (χ2n) is 6.58. The van der Waals surface area contributed by atoms with Crippen LogP contribution in [0.25, 0.3) is 0 Å². The van der Waals surface area contributed by atoms with Crippen molar-refractivity contribution >= 4 is 26.0 Å². The highest BCUT2D eigenvalue weighted by Gasteiger charge is 2.45. The van der Waals surface area contributed by atoms with E-state index in [4.69, 9.17) is 4.74 Å². The maximum atomic E-state index is 12.6. The Kier molecular flexibility index (Phi) is 6.67. The van der Waals surface area contributed by atoms with Gasteiger partial charge in [0.05, 0.1) is 37.2 Å². The highest BCUT2D eigenvalue weighted by atomic mass is 79.9. The predicted molar refractivity (Wildman–Crippen MR) is 105 cm³/mol. The number of halogens is 1. The molecular weight excluding hydrogens is 434 g/mol. The van der Waals surface area contributed by atoms with Crippen molar-refractivity contribution in [2.45, 2.75) is 31.4 Å². The second kappa shape index (κ2) is 8.81. The highest BCUT2D eigenvalue weighted by Crippen LogP contribution is 2.25. The molecular formula is C19H22BrNO5S. The quantitative estimate of drug-likeness (QED) is 0.694. The van der Waals surface area contributed by atoms with Crippen LogP contribution in [-0.4, -0.2) is 53.5 Å². The van der Waals surface area contributed by atoms with Gasteiger partial charge in [-0.1, -0.05) is 58.4 Å². The zero-order valence-electron chi connectivity index (χ0n) is 14.6. The fraction of sp³-hybridized carbons (Fsp3) is 0.368. The molecule has 1 aliphatic rings. The van der Waals surface area contributed by atoms with Crippen molar-refractivity contribution in [2.75, 3.05) is 12.4 Å². The van der Waals surface area contributed by atoms with Crippen LogP contribution in [0.2, 0.25) is 0 Å². The molecule has 8 heteroatoms. The molecule has 3 rings (SSSR count). The fourth-order valence-electron chi connectivity index (χ4n) is 3.08. The van der Waals surface area contributed by atoms with Gasteiger partial charge in [-0.2, -0.15) is 4.31 Å². The SMILES string of the molecule is O=S1(=O)C[C@@H](O)[C@H](O)[C@@H](COCc2ccccc2)N1Cc1ccc(Br)cc1. The number of ether oxygens (including phenoxy) is 1. The number of hydrogen-bond acceptors (Lipinski definition) is 5. The fourth-order valence-corrected chi connectivity index (χ4v) is 5.11. The molecule has 1 saturated heterocycles. The van der Waals surface area contributed by atoms with Crippen LogP contribution < -0.4 is 0 Å². The number of hydrogen-bond donors (Lipinski definition) is 2. The van der Waals surface area contributed by atoms with E-state index >= 15 is 0 Å². The monoisotopic (exact) mass is 455 g/mol. The average Bonchev–Trinajstić information content (AvgIpc) is 2.64. The molecule has 0 amide bonds. The topological polar surface area (TPSA) is 87.1 Å². The van der Waals surface area contributed by atoms with Gasteiger partial charge in [-0.15, -0.1) is 0 Å². The lowest BCUT2D eigenvalue weighted by atomic mass is 10.1. The zero-order chi connectivity index (χ0) is 19.4. The third-order valence-electron chi connectivity index (χ3n) is 4.55. The normalized spacial score (nSPS) is 25.4. The van der Waals surface area contributed by atoms with Gasteiger partial charge < -0.3 is 14.9 Å². The van der Waals surface area contributed by atoms with Crippen molar-refractivity contribution in [1.82, 2.24) is 4.31 Å². The second-order valence-corrected chi connectivity index (χ2v) is 9.46. The number of aliphatic hydroxyl groups excluding tert-OH is 2. The molecule has 2 aromatic rings. The third kappa shape index (κ3) is 5.16. The molecule has 0 aliphatic carbocycles. The summed E-state index contributed by atoms with van der Waals surface area (Å²) >= 11 is 3.35. The summed E-state index contributed by atoms with van der Waals surface area (Å²) in [5.74, 6) is -0.500. The first-order valence-corrected chi connectivity index (χ1v) is 11.0. The molecule has 0 unspecified atom stereocenters. The Morgan fingerprint density at radius 3 is 2.37 bits per heavy atom. The molecule has 1 fully saturated rings. The Morgan fingerprint density at radius 2 is 1.70 bits per heavy atom. The Balaban J connectivity index is 1.76. The van der Waals surface area contributed by atoms with Crippen LogP contribution in [-0.2, 0) is 27.9 Å². The van der Waals surface area contributed by atoms with Crippen LogP contribution in [0.15, 0.2) is 59.1 Å². The first-order chi connectivity index (χ1) is 12.9. The molecule has 0 saturated carbocycles. The van der Waals surface area contributed by atoms with Gasteiger partial charge in [0.15, 0.2) is 0 Å². The van der Waals surface area contributed by atoms with Crippen LogP contribution in [0.1, 0.15) is 11.1 Å². The first kappa shape index (κ1) is 20.4. The molecule has 2 N–H and O–H groups in total. The summed E-state index contributed by atoms with van der Waals surface area (Å²) in [6, 6.07) is 15.9. The van der Waals surface area contributed by atoms with Crippen LogP contribution in [0, 0.1) is 0 Å². The summed E-state index contributed by atoms with van der Waals surface area (Å²) in [4.78, 5) is 0. The Morgan fingerprint density at radius 1 is 1.04 bits per heavy atom. The van der Waals surface area contributed by atoms with Gasteiger partial charge in [0.25, 0.3) is 0 Å². The molecule has 0 spiro atoms. The van der Waals surface area contributed by atoms with Crippen molar-refractivity contribution in [3.63, 3.8) is 0 Å². The highest BCUT2D eigenvalue weighted by molar-refractivity contribution is 9.10. The maximum absolute atomic E-state index is 12.6. The summed E-state index contributed by atoms with van der Waals surface area (Å²) in [5, 5.41) is 20.4. The van der Waals surface area contributed by atoms with Gasteiger partial charge in [-0.3, -0.25) is 0 Å². The minimum absolute atomic E-state index is 0.0110. The number of benzene rings is 2. The number of rotatable bonds is 6. The molecule has 0 aromatic heterocycles. The molecule has 2 aromatic carbocycles. The minimum atomic E-state index is -3.73. The van der Waals surface area contributed by atoms with Crippen molar-refractivity contribution < 1.29 is 23.4 Å². The van der Waals surface area contributed by atoms with Gasteiger partial charge in [-0.05, 0) is 23.3 Å². The van der Waals surface area contributed by atoms with E-state index in [1.165, 1.54) is 4.31 Å². The summed E-state index contributed by atoms with van der Waals surface area (Å²) < 4.78 is 33.1.